The second-order valence-corrected chi connectivity index (χ2v) is 5.06. The zero-order chi connectivity index (χ0) is 14.8. The molecule has 0 aliphatic heterocycles. The van der Waals surface area contributed by atoms with E-state index in [1.165, 1.54) is 11.8 Å². The second kappa shape index (κ2) is 9.14. The predicted octanol–water partition coefficient (Wildman–Crippen LogP) is 1.34. The highest BCUT2D eigenvalue weighted by Gasteiger charge is 2.26. The third-order valence-corrected chi connectivity index (χ3v) is 3.36. The summed E-state index contributed by atoms with van der Waals surface area (Å²) < 4.78 is 42.5. The maximum absolute atomic E-state index is 12.0. The standard InChI is InChI=1S/C10H18F3N5OS/c1-19-7-5-14-4-6-18-9(15-16-17-18)20-8-2-3-10(11,12)13/h14H,2-8H2,1H3. The molecule has 0 radical (unpaired) electrons. The van der Waals surface area contributed by atoms with E-state index in [1.807, 2.05) is 0 Å². The van der Waals surface area contributed by atoms with E-state index in [4.69, 9.17) is 4.74 Å². The molecule has 20 heavy (non-hydrogen) atoms. The van der Waals surface area contributed by atoms with E-state index >= 15 is 0 Å². The molecule has 0 atom stereocenters. The Morgan fingerprint density at radius 1 is 1.35 bits per heavy atom. The summed E-state index contributed by atoms with van der Waals surface area (Å²) in [5, 5.41) is 14.8. The minimum absolute atomic E-state index is 0.0626. The summed E-state index contributed by atoms with van der Waals surface area (Å²) in [6.45, 7) is 2.59. The number of ether oxygens (including phenoxy) is 1. The number of thioether (sulfide) groups is 1. The number of aromatic nitrogens is 4. The van der Waals surface area contributed by atoms with Gasteiger partial charge in [-0.1, -0.05) is 11.8 Å². The zero-order valence-corrected chi connectivity index (χ0v) is 12.0. The van der Waals surface area contributed by atoms with Crippen molar-refractivity contribution in [3.8, 4) is 0 Å². The van der Waals surface area contributed by atoms with Crippen molar-refractivity contribution in [2.45, 2.75) is 30.7 Å². The molecule has 0 unspecified atom stereocenters. The summed E-state index contributed by atoms with van der Waals surface area (Å²) in [6, 6.07) is 0. The molecule has 116 valence electrons. The molecule has 0 bridgehead atoms. The number of alkyl halides is 3. The SMILES string of the molecule is COCCNCCn1nnnc1SCCCC(F)(F)F. The van der Waals surface area contributed by atoms with Crippen LogP contribution in [-0.2, 0) is 11.3 Å². The van der Waals surface area contributed by atoms with Crippen molar-refractivity contribution in [2.75, 3.05) is 32.6 Å². The number of nitrogens with zero attached hydrogens (tertiary/aromatic N) is 4. The quantitative estimate of drug-likeness (QED) is 0.519. The van der Waals surface area contributed by atoms with E-state index < -0.39 is 12.6 Å². The molecule has 1 rings (SSSR count). The first-order valence-corrected chi connectivity index (χ1v) is 7.17. The first kappa shape index (κ1) is 17.2. The van der Waals surface area contributed by atoms with Crippen molar-refractivity contribution in [3.63, 3.8) is 0 Å². The first-order chi connectivity index (χ1) is 9.53. The Hall–Kier alpha value is -0.870. The summed E-state index contributed by atoms with van der Waals surface area (Å²) in [6.07, 6.45) is -4.81. The van der Waals surface area contributed by atoms with Gasteiger partial charge in [-0.05, 0) is 16.8 Å². The van der Waals surface area contributed by atoms with Crippen molar-refractivity contribution in [1.29, 1.82) is 0 Å². The van der Waals surface area contributed by atoms with Crippen molar-refractivity contribution < 1.29 is 17.9 Å². The molecule has 1 N–H and O–H groups in total. The van der Waals surface area contributed by atoms with Crippen LogP contribution in [0.5, 0.6) is 0 Å². The Morgan fingerprint density at radius 2 is 2.15 bits per heavy atom. The van der Waals surface area contributed by atoms with Crippen molar-refractivity contribution in [3.05, 3.63) is 0 Å². The average molecular weight is 313 g/mol. The van der Waals surface area contributed by atoms with Crippen LogP contribution in [0.1, 0.15) is 12.8 Å². The van der Waals surface area contributed by atoms with Gasteiger partial charge in [-0.15, -0.1) is 5.10 Å². The van der Waals surface area contributed by atoms with Crippen LogP contribution in [0.15, 0.2) is 5.16 Å². The number of rotatable bonds is 10. The molecule has 1 aromatic heterocycles. The number of halogens is 3. The molecule has 0 saturated carbocycles. The Kier molecular flexibility index (Phi) is 7.85. The van der Waals surface area contributed by atoms with E-state index in [9.17, 15) is 13.2 Å². The van der Waals surface area contributed by atoms with Crippen LogP contribution in [0.4, 0.5) is 13.2 Å². The molecule has 0 saturated heterocycles. The minimum atomic E-state index is -4.10. The summed E-state index contributed by atoms with van der Waals surface area (Å²) in [5.41, 5.74) is 0. The van der Waals surface area contributed by atoms with Crippen molar-refractivity contribution in [2.24, 2.45) is 0 Å². The van der Waals surface area contributed by atoms with Crippen molar-refractivity contribution in [1.82, 2.24) is 25.5 Å². The van der Waals surface area contributed by atoms with Crippen LogP contribution in [0.2, 0.25) is 0 Å². The molecular weight excluding hydrogens is 295 g/mol. The van der Waals surface area contributed by atoms with Gasteiger partial charge in [0.05, 0.1) is 13.2 Å². The Morgan fingerprint density at radius 3 is 2.85 bits per heavy atom. The number of nitrogens with one attached hydrogen (secondary N) is 1. The van der Waals surface area contributed by atoms with Crippen LogP contribution in [0.3, 0.4) is 0 Å². The van der Waals surface area contributed by atoms with Crippen LogP contribution < -0.4 is 5.32 Å². The molecular formula is C10H18F3N5OS. The molecule has 0 aliphatic carbocycles. The highest BCUT2D eigenvalue weighted by molar-refractivity contribution is 7.99. The van der Waals surface area contributed by atoms with Gasteiger partial charge >= 0.3 is 6.18 Å². The van der Waals surface area contributed by atoms with Gasteiger partial charge in [0, 0.05) is 32.4 Å². The summed E-state index contributed by atoms with van der Waals surface area (Å²) in [4.78, 5) is 0. The Bertz CT molecular complexity index is 374. The molecule has 1 heterocycles. The topological polar surface area (TPSA) is 64.9 Å². The smallest absolute Gasteiger partial charge is 0.383 e. The lowest BCUT2D eigenvalue weighted by atomic mass is 10.3. The molecule has 0 amide bonds. The van der Waals surface area contributed by atoms with E-state index in [0.717, 1.165) is 6.54 Å². The Balaban J connectivity index is 2.21. The van der Waals surface area contributed by atoms with Gasteiger partial charge in [0.15, 0.2) is 0 Å². The zero-order valence-electron chi connectivity index (χ0n) is 11.2. The Labute approximate surface area is 119 Å². The van der Waals surface area contributed by atoms with E-state index in [2.05, 4.69) is 20.8 Å². The number of hydrogen-bond donors (Lipinski definition) is 1. The van der Waals surface area contributed by atoms with Gasteiger partial charge < -0.3 is 10.1 Å². The lowest BCUT2D eigenvalue weighted by Gasteiger charge is -2.07. The molecule has 0 aromatic carbocycles. The van der Waals surface area contributed by atoms with Gasteiger partial charge in [-0.3, -0.25) is 0 Å². The van der Waals surface area contributed by atoms with E-state index in [-0.39, 0.29) is 6.42 Å². The number of methoxy groups -OCH3 is 1. The average Bonchev–Trinajstić information content (AvgIpc) is 2.81. The van der Waals surface area contributed by atoms with E-state index in [1.54, 1.807) is 11.8 Å². The van der Waals surface area contributed by atoms with Crippen LogP contribution in [0, 0.1) is 0 Å². The fourth-order valence-electron chi connectivity index (χ4n) is 1.36. The molecule has 0 fully saturated rings. The van der Waals surface area contributed by atoms with Gasteiger partial charge in [0.1, 0.15) is 0 Å². The highest BCUT2D eigenvalue weighted by Crippen LogP contribution is 2.24. The van der Waals surface area contributed by atoms with Gasteiger partial charge in [0.2, 0.25) is 5.16 Å². The maximum Gasteiger partial charge on any atom is 0.389 e. The number of hydrogen-bond acceptors (Lipinski definition) is 6. The largest absolute Gasteiger partial charge is 0.389 e. The lowest BCUT2D eigenvalue weighted by Crippen LogP contribution is -2.24. The van der Waals surface area contributed by atoms with Crippen LogP contribution in [0.25, 0.3) is 0 Å². The summed E-state index contributed by atoms with van der Waals surface area (Å²) in [7, 11) is 1.62. The summed E-state index contributed by atoms with van der Waals surface area (Å²) in [5.74, 6) is 0.344. The lowest BCUT2D eigenvalue weighted by molar-refractivity contribution is -0.134. The molecule has 10 heteroatoms. The van der Waals surface area contributed by atoms with Gasteiger partial charge in [-0.25, -0.2) is 4.68 Å². The third-order valence-electron chi connectivity index (χ3n) is 2.32. The second-order valence-electron chi connectivity index (χ2n) is 3.99. The van der Waals surface area contributed by atoms with Crippen molar-refractivity contribution >= 4 is 11.8 Å². The predicted molar refractivity (Wildman–Crippen MR) is 68.6 cm³/mol. The fourth-order valence-corrected chi connectivity index (χ4v) is 2.20. The first-order valence-electron chi connectivity index (χ1n) is 6.18. The van der Waals surface area contributed by atoms with E-state index in [0.29, 0.717) is 30.6 Å². The highest BCUT2D eigenvalue weighted by atomic mass is 32.2. The van der Waals surface area contributed by atoms with Gasteiger partial charge in [0.25, 0.3) is 0 Å². The molecule has 1 aromatic rings. The van der Waals surface area contributed by atoms with Crippen LogP contribution >= 0.6 is 11.8 Å². The normalized spacial score (nSPS) is 12.0. The molecule has 0 spiro atoms. The number of tetrazole rings is 1. The third kappa shape index (κ3) is 7.65. The van der Waals surface area contributed by atoms with Gasteiger partial charge in [-0.2, -0.15) is 13.2 Å². The summed E-state index contributed by atoms with van der Waals surface area (Å²) >= 11 is 1.24. The van der Waals surface area contributed by atoms with Crippen LogP contribution in [-0.4, -0.2) is 58.9 Å². The molecule has 6 nitrogen and oxygen atoms in total. The molecule has 0 aliphatic rings. The maximum atomic E-state index is 12.0. The monoisotopic (exact) mass is 313 g/mol. The minimum Gasteiger partial charge on any atom is -0.383 e. The fraction of sp³-hybridized carbons (Fsp3) is 0.900.